The van der Waals surface area contributed by atoms with Gasteiger partial charge in [-0.05, 0) is 54.7 Å². The second-order valence-electron chi connectivity index (χ2n) is 6.68. The second kappa shape index (κ2) is 9.14. The summed E-state index contributed by atoms with van der Waals surface area (Å²) in [5.41, 5.74) is 3.49. The molecule has 0 amide bonds. The van der Waals surface area contributed by atoms with Crippen LogP contribution < -0.4 is 4.74 Å². The molecule has 1 radical (unpaired) electrons. The fourth-order valence-corrected chi connectivity index (χ4v) is 2.99. The quantitative estimate of drug-likeness (QED) is 0.558. The van der Waals surface area contributed by atoms with Crippen LogP contribution in [0.25, 0.3) is 0 Å². The largest absolute Gasteiger partial charge is 0.489 e. The van der Waals surface area contributed by atoms with Crippen LogP contribution in [-0.4, -0.2) is 9.97 Å². The molecule has 0 spiro atoms. The Morgan fingerprint density at radius 2 is 1.81 bits per heavy atom. The number of rotatable bonds is 8. The average molecular weight is 345 g/mol. The molecule has 0 aliphatic carbocycles. The zero-order valence-corrected chi connectivity index (χ0v) is 15.4. The Labute approximate surface area is 156 Å². The van der Waals surface area contributed by atoms with Crippen molar-refractivity contribution in [1.82, 2.24) is 9.97 Å². The molecule has 0 aliphatic heterocycles. The lowest BCUT2D eigenvalue weighted by Crippen LogP contribution is -2.10. The first-order valence-electron chi connectivity index (χ1n) is 9.10. The van der Waals surface area contributed by atoms with Crippen molar-refractivity contribution in [2.45, 2.75) is 33.3 Å². The van der Waals surface area contributed by atoms with Crippen molar-refractivity contribution in [2.75, 3.05) is 0 Å². The van der Waals surface area contributed by atoms with Crippen molar-refractivity contribution < 1.29 is 4.74 Å². The summed E-state index contributed by atoms with van der Waals surface area (Å²) in [6.45, 7) is 5.04. The Morgan fingerprint density at radius 1 is 0.962 bits per heavy atom. The molecule has 2 aromatic heterocycles. The summed E-state index contributed by atoms with van der Waals surface area (Å²) in [4.78, 5) is 8.54. The van der Waals surface area contributed by atoms with E-state index in [1.54, 1.807) is 6.20 Å². The fraction of sp³-hybridized carbons (Fsp3) is 0.261. The lowest BCUT2D eigenvalue weighted by atomic mass is 9.84. The highest BCUT2D eigenvalue weighted by atomic mass is 16.5. The van der Waals surface area contributed by atoms with Crippen molar-refractivity contribution in [3.8, 4) is 5.75 Å². The Kier molecular flexibility index (Phi) is 6.37. The van der Waals surface area contributed by atoms with E-state index in [9.17, 15) is 0 Å². The van der Waals surface area contributed by atoms with Gasteiger partial charge in [-0.3, -0.25) is 9.97 Å². The molecular weight excluding hydrogens is 320 g/mol. The van der Waals surface area contributed by atoms with Crippen molar-refractivity contribution in [3.05, 3.63) is 95.9 Å². The zero-order valence-electron chi connectivity index (χ0n) is 15.4. The molecule has 2 heterocycles. The molecule has 3 rings (SSSR count). The van der Waals surface area contributed by atoms with E-state index in [1.807, 2.05) is 36.7 Å². The molecule has 0 fully saturated rings. The van der Waals surface area contributed by atoms with Crippen LogP contribution in [0.4, 0.5) is 0 Å². The SMILES string of the molecule is CC(C)[C](CCc1ccccn1)c1ccc(OCc2cccnc2)cc1. The van der Waals surface area contributed by atoms with Crippen LogP contribution in [0.15, 0.2) is 73.2 Å². The normalized spacial score (nSPS) is 11.1. The van der Waals surface area contributed by atoms with Gasteiger partial charge in [0.25, 0.3) is 0 Å². The molecule has 0 saturated heterocycles. The molecule has 3 nitrogen and oxygen atoms in total. The van der Waals surface area contributed by atoms with Crippen molar-refractivity contribution >= 4 is 0 Å². The monoisotopic (exact) mass is 345 g/mol. The number of ether oxygens (including phenoxy) is 1. The number of nitrogens with zero attached hydrogens (tertiary/aromatic N) is 2. The number of hydrogen-bond donors (Lipinski definition) is 0. The van der Waals surface area contributed by atoms with E-state index in [-0.39, 0.29) is 0 Å². The molecule has 0 saturated carbocycles. The summed E-state index contributed by atoms with van der Waals surface area (Å²) >= 11 is 0. The molecule has 0 unspecified atom stereocenters. The fourth-order valence-electron chi connectivity index (χ4n) is 2.99. The molecule has 3 heteroatoms. The van der Waals surface area contributed by atoms with Crippen LogP contribution in [0.3, 0.4) is 0 Å². The van der Waals surface area contributed by atoms with Gasteiger partial charge in [0.1, 0.15) is 12.4 Å². The molecule has 0 N–H and O–H groups in total. The molecule has 0 atom stereocenters. The van der Waals surface area contributed by atoms with Gasteiger partial charge in [-0.2, -0.15) is 0 Å². The highest BCUT2D eigenvalue weighted by molar-refractivity contribution is 5.37. The Morgan fingerprint density at radius 3 is 2.46 bits per heavy atom. The van der Waals surface area contributed by atoms with E-state index < -0.39 is 0 Å². The number of pyridine rings is 2. The summed E-state index contributed by atoms with van der Waals surface area (Å²) in [7, 11) is 0. The Balaban J connectivity index is 1.60. The van der Waals surface area contributed by atoms with Crippen molar-refractivity contribution in [3.63, 3.8) is 0 Å². The van der Waals surface area contributed by atoms with Gasteiger partial charge in [0.15, 0.2) is 0 Å². The number of hydrogen-bond acceptors (Lipinski definition) is 3. The van der Waals surface area contributed by atoms with E-state index in [1.165, 1.54) is 11.5 Å². The number of aryl methyl sites for hydroxylation is 1. The van der Waals surface area contributed by atoms with Crippen LogP contribution in [0, 0.1) is 11.8 Å². The molecule has 133 valence electrons. The maximum absolute atomic E-state index is 5.86. The minimum atomic E-state index is 0.501. The van der Waals surface area contributed by atoms with E-state index >= 15 is 0 Å². The highest BCUT2D eigenvalue weighted by Gasteiger charge is 2.17. The van der Waals surface area contributed by atoms with Gasteiger partial charge in [-0.15, -0.1) is 0 Å². The molecule has 0 bridgehead atoms. The van der Waals surface area contributed by atoms with Gasteiger partial charge in [-0.25, -0.2) is 0 Å². The molecule has 0 aliphatic rings. The maximum atomic E-state index is 5.86. The maximum Gasteiger partial charge on any atom is 0.119 e. The Hall–Kier alpha value is -2.68. The van der Waals surface area contributed by atoms with E-state index in [0.717, 1.165) is 29.8 Å². The third-order valence-electron chi connectivity index (χ3n) is 4.43. The average Bonchev–Trinajstić information content (AvgIpc) is 2.69. The van der Waals surface area contributed by atoms with Crippen LogP contribution in [-0.2, 0) is 13.0 Å². The Bertz CT molecular complexity index is 770. The third kappa shape index (κ3) is 5.16. The predicted molar refractivity (Wildman–Crippen MR) is 105 cm³/mol. The molecule has 26 heavy (non-hydrogen) atoms. The minimum Gasteiger partial charge on any atom is -0.489 e. The topological polar surface area (TPSA) is 35.0 Å². The second-order valence-corrected chi connectivity index (χ2v) is 6.68. The van der Waals surface area contributed by atoms with E-state index in [2.05, 4.69) is 54.1 Å². The van der Waals surface area contributed by atoms with E-state index in [4.69, 9.17) is 4.74 Å². The van der Waals surface area contributed by atoms with Gasteiger partial charge >= 0.3 is 0 Å². The summed E-state index contributed by atoms with van der Waals surface area (Å²) in [6.07, 6.45) is 7.44. The summed E-state index contributed by atoms with van der Waals surface area (Å²) < 4.78 is 5.86. The molecule has 3 aromatic rings. The van der Waals surface area contributed by atoms with Crippen molar-refractivity contribution in [2.24, 2.45) is 5.92 Å². The lowest BCUT2D eigenvalue weighted by Gasteiger charge is -2.21. The zero-order chi connectivity index (χ0) is 18.2. The standard InChI is InChI=1S/C23H25N2O/c1-18(2)23(13-10-21-7-3-4-15-25-21)20-8-11-22(12-9-20)26-17-19-6-5-14-24-16-19/h3-9,11-12,14-16,18H,10,13,17H2,1-2H3. The van der Waals surface area contributed by atoms with Gasteiger partial charge in [-0.1, -0.05) is 38.1 Å². The van der Waals surface area contributed by atoms with Gasteiger partial charge in [0.05, 0.1) is 0 Å². The van der Waals surface area contributed by atoms with Gasteiger partial charge in [0, 0.05) is 35.8 Å². The van der Waals surface area contributed by atoms with Crippen LogP contribution >= 0.6 is 0 Å². The van der Waals surface area contributed by atoms with E-state index in [0.29, 0.717) is 12.5 Å². The van der Waals surface area contributed by atoms with Crippen molar-refractivity contribution in [1.29, 1.82) is 0 Å². The highest BCUT2D eigenvalue weighted by Crippen LogP contribution is 2.29. The predicted octanol–water partition coefficient (Wildman–Crippen LogP) is 5.27. The number of benzene rings is 1. The summed E-state index contributed by atoms with van der Waals surface area (Å²) in [6, 6.07) is 18.5. The van der Waals surface area contributed by atoms with Gasteiger partial charge in [0.2, 0.25) is 0 Å². The molecule has 1 aromatic carbocycles. The summed E-state index contributed by atoms with van der Waals surface area (Å²) in [5.74, 6) is 2.83. The van der Waals surface area contributed by atoms with Crippen LogP contribution in [0.1, 0.15) is 37.1 Å². The van der Waals surface area contributed by atoms with Gasteiger partial charge < -0.3 is 4.74 Å². The number of aromatic nitrogens is 2. The first kappa shape index (κ1) is 18.1. The third-order valence-corrected chi connectivity index (χ3v) is 4.43. The lowest BCUT2D eigenvalue weighted by molar-refractivity contribution is 0.305. The first-order valence-corrected chi connectivity index (χ1v) is 9.10. The summed E-state index contributed by atoms with van der Waals surface area (Å²) in [5, 5.41) is 0. The molecular formula is C23H25N2O. The smallest absolute Gasteiger partial charge is 0.119 e. The minimum absolute atomic E-state index is 0.501. The van der Waals surface area contributed by atoms with Crippen LogP contribution in [0.5, 0.6) is 5.75 Å². The van der Waals surface area contributed by atoms with Crippen LogP contribution in [0.2, 0.25) is 0 Å². The first-order chi connectivity index (χ1) is 12.7.